The van der Waals surface area contributed by atoms with Crippen molar-refractivity contribution in [1.82, 2.24) is 0 Å². The molecule has 2 aromatic carbocycles. The van der Waals surface area contributed by atoms with Crippen LogP contribution in [0.4, 0.5) is 15.8 Å². The van der Waals surface area contributed by atoms with Crippen molar-refractivity contribution in [2.45, 2.75) is 13.0 Å². The van der Waals surface area contributed by atoms with Gasteiger partial charge in [-0.1, -0.05) is 17.7 Å². The van der Waals surface area contributed by atoms with E-state index in [0.29, 0.717) is 20.7 Å². The third-order valence-electron chi connectivity index (χ3n) is 2.96. The molecule has 0 spiro atoms. The van der Waals surface area contributed by atoms with Gasteiger partial charge in [0.2, 0.25) is 0 Å². The molecule has 2 aromatic rings. The van der Waals surface area contributed by atoms with E-state index in [4.69, 9.17) is 11.6 Å². The Morgan fingerprint density at radius 3 is 2.67 bits per heavy atom. The fourth-order valence-corrected chi connectivity index (χ4v) is 2.65. The molecule has 0 aliphatic rings. The molecular weight excluding hydrogens is 363 g/mol. The van der Waals surface area contributed by atoms with Gasteiger partial charge in [0.25, 0.3) is 5.69 Å². The summed E-state index contributed by atoms with van der Waals surface area (Å²) in [6.45, 7) is 1.84. The smallest absolute Gasteiger partial charge is 0.285 e. The van der Waals surface area contributed by atoms with Crippen LogP contribution in [0.25, 0.3) is 0 Å². The van der Waals surface area contributed by atoms with E-state index < -0.39 is 10.7 Å². The molecule has 1 atom stereocenters. The highest BCUT2D eigenvalue weighted by Gasteiger charge is 2.15. The lowest BCUT2D eigenvalue weighted by Crippen LogP contribution is -2.07. The van der Waals surface area contributed by atoms with Gasteiger partial charge in [0.05, 0.1) is 9.40 Å². The van der Waals surface area contributed by atoms with Gasteiger partial charge < -0.3 is 5.32 Å². The van der Waals surface area contributed by atoms with E-state index >= 15 is 0 Å². The zero-order valence-electron chi connectivity index (χ0n) is 10.9. The predicted molar refractivity (Wildman–Crippen MR) is 84.2 cm³/mol. The number of nitro benzene ring substituents is 1. The Bertz CT molecular complexity index is 697. The zero-order valence-corrected chi connectivity index (χ0v) is 13.3. The lowest BCUT2D eigenvalue weighted by Gasteiger charge is -2.17. The van der Waals surface area contributed by atoms with Crippen LogP contribution in [0.5, 0.6) is 0 Å². The summed E-state index contributed by atoms with van der Waals surface area (Å²) in [5, 5.41) is 14.3. The second kappa shape index (κ2) is 6.41. The molecule has 0 saturated carbocycles. The van der Waals surface area contributed by atoms with Gasteiger partial charge in [-0.15, -0.1) is 0 Å². The topological polar surface area (TPSA) is 55.2 Å². The van der Waals surface area contributed by atoms with Crippen molar-refractivity contribution in [3.05, 3.63) is 67.4 Å². The van der Waals surface area contributed by atoms with Gasteiger partial charge in [-0.3, -0.25) is 10.1 Å². The fourth-order valence-electron chi connectivity index (χ4n) is 1.92. The Kier molecular flexibility index (Phi) is 4.80. The molecular formula is C14H11BrClFN2O2. The van der Waals surface area contributed by atoms with E-state index in [1.165, 1.54) is 18.2 Å². The first kappa shape index (κ1) is 15.7. The van der Waals surface area contributed by atoms with E-state index in [9.17, 15) is 14.5 Å². The molecule has 0 saturated heterocycles. The molecule has 0 amide bonds. The maximum absolute atomic E-state index is 13.0. The first-order valence-electron chi connectivity index (χ1n) is 6.04. The van der Waals surface area contributed by atoms with E-state index in [1.807, 2.05) is 6.92 Å². The third-order valence-corrected chi connectivity index (χ3v) is 3.95. The normalized spacial score (nSPS) is 12.0. The Balaban J connectivity index is 2.25. The third kappa shape index (κ3) is 3.71. The summed E-state index contributed by atoms with van der Waals surface area (Å²) in [4.78, 5) is 10.4. The van der Waals surface area contributed by atoms with Crippen LogP contribution in [0.3, 0.4) is 0 Å². The molecule has 0 heterocycles. The summed E-state index contributed by atoms with van der Waals surface area (Å²) < 4.78 is 13.4. The molecule has 0 aromatic heterocycles. The van der Waals surface area contributed by atoms with Crippen molar-refractivity contribution in [2.24, 2.45) is 0 Å². The Morgan fingerprint density at radius 2 is 2.05 bits per heavy atom. The highest BCUT2D eigenvalue weighted by molar-refractivity contribution is 9.10. The maximum Gasteiger partial charge on any atom is 0.285 e. The van der Waals surface area contributed by atoms with E-state index in [-0.39, 0.29) is 11.7 Å². The summed E-state index contributed by atoms with van der Waals surface area (Å²) in [6, 6.07) is 8.66. The van der Waals surface area contributed by atoms with Gasteiger partial charge in [0, 0.05) is 22.8 Å². The number of nitro groups is 1. The molecule has 4 nitrogen and oxygen atoms in total. The fraction of sp³-hybridized carbons (Fsp3) is 0.143. The number of hydrogen-bond acceptors (Lipinski definition) is 3. The number of anilines is 1. The van der Waals surface area contributed by atoms with Gasteiger partial charge in [0.1, 0.15) is 5.82 Å². The van der Waals surface area contributed by atoms with Crippen molar-refractivity contribution in [2.75, 3.05) is 5.32 Å². The minimum atomic E-state index is -0.467. The molecule has 7 heteroatoms. The molecule has 1 N–H and O–H groups in total. The second-order valence-corrected chi connectivity index (χ2v) is 5.72. The van der Waals surface area contributed by atoms with E-state index in [1.54, 1.807) is 18.2 Å². The minimum absolute atomic E-state index is 0.0302. The van der Waals surface area contributed by atoms with Gasteiger partial charge >= 0.3 is 0 Å². The van der Waals surface area contributed by atoms with Crippen LogP contribution in [0.2, 0.25) is 5.02 Å². The van der Waals surface area contributed by atoms with Crippen LogP contribution in [0, 0.1) is 15.9 Å². The van der Waals surface area contributed by atoms with E-state index in [2.05, 4.69) is 21.2 Å². The molecule has 1 unspecified atom stereocenters. The van der Waals surface area contributed by atoms with Crippen molar-refractivity contribution in [1.29, 1.82) is 0 Å². The number of nitrogens with zero attached hydrogens (tertiary/aromatic N) is 1. The SMILES string of the molecule is CC(Nc1ccc(Br)c([N+](=O)[O-])c1)c1ccc(F)cc1Cl. The summed E-state index contributed by atoms with van der Waals surface area (Å²) in [7, 11) is 0. The average molecular weight is 374 g/mol. The molecule has 0 bridgehead atoms. The van der Waals surface area contributed by atoms with Crippen molar-refractivity contribution in [3.8, 4) is 0 Å². The molecule has 0 radical (unpaired) electrons. The van der Waals surface area contributed by atoms with Gasteiger partial charge in [-0.25, -0.2) is 4.39 Å². The van der Waals surface area contributed by atoms with Crippen LogP contribution in [-0.4, -0.2) is 4.92 Å². The molecule has 0 fully saturated rings. The molecule has 0 aliphatic heterocycles. The molecule has 0 aliphatic carbocycles. The first-order valence-corrected chi connectivity index (χ1v) is 7.21. The lowest BCUT2D eigenvalue weighted by atomic mass is 10.1. The molecule has 2 rings (SSSR count). The van der Waals surface area contributed by atoms with Crippen LogP contribution in [0.1, 0.15) is 18.5 Å². The maximum atomic E-state index is 13.0. The van der Waals surface area contributed by atoms with Crippen molar-refractivity contribution < 1.29 is 9.31 Å². The number of nitrogens with one attached hydrogen (secondary N) is 1. The Hall–Kier alpha value is -1.66. The largest absolute Gasteiger partial charge is 0.378 e. The highest BCUT2D eigenvalue weighted by Crippen LogP contribution is 2.31. The van der Waals surface area contributed by atoms with Crippen LogP contribution in [0.15, 0.2) is 40.9 Å². The van der Waals surface area contributed by atoms with Crippen LogP contribution < -0.4 is 5.32 Å². The summed E-state index contributed by atoms with van der Waals surface area (Å²) in [6.07, 6.45) is 0. The van der Waals surface area contributed by atoms with Crippen LogP contribution >= 0.6 is 27.5 Å². The summed E-state index contributed by atoms with van der Waals surface area (Å²) in [5.74, 6) is -0.407. The number of halogens is 3. The second-order valence-electron chi connectivity index (χ2n) is 4.46. The Labute approximate surface area is 134 Å². The first-order chi connectivity index (χ1) is 9.88. The van der Waals surface area contributed by atoms with Gasteiger partial charge in [-0.05, 0) is 52.7 Å². The highest BCUT2D eigenvalue weighted by atomic mass is 79.9. The molecule has 21 heavy (non-hydrogen) atoms. The van der Waals surface area contributed by atoms with Gasteiger partial charge in [0.15, 0.2) is 0 Å². The predicted octanol–water partition coefficient (Wildman–Crippen LogP) is 5.32. The summed E-state index contributed by atoms with van der Waals surface area (Å²) in [5.41, 5.74) is 1.26. The van der Waals surface area contributed by atoms with Crippen molar-refractivity contribution >= 4 is 38.9 Å². The monoisotopic (exact) mass is 372 g/mol. The standard InChI is InChI=1S/C14H11BrClFN2O2/c1-8(11-4-2-9(17)6-13(11)16)18-10-3-5-12(15)14(7-10)19(20)21/h2-8,18H,1H3. The average Bonchev–Trinajstić information content (AvgIpc) is 2.40. The molecule has 110 valence electrons. The number of hydrogen-bond donors (Lipinski definition) is 1. The van der Waals surface area contributed by atoms with Crippen molar-refractivity contribution in [3.63, 3.8) is 0 Å². The number of benzene rings is 2. The Morgan fingerprint density at radius 1 is 1.33 bits per heavy atom. The minimum Gasteiger partial charge on any atom is -0.378 e. The van der Waals surface area contributed by atoms with Gasteiger partial charge in [-0.2, -0.15) is 0 Å². The lowest BCUT2D eigenvalue weighted by molar-refractivity contribution is -0.385. The quantitative estimate of drug-likeness (QED) is 0.582. The zero-order chi connectivity index (χ0) is 15.6. The summed E-state index contributed by atoms with van der Waals surface area (Å²) >= 11 is 9.13. The number of rotatable bonds is 4. The van der Waals surface area contributed by atoms with Crippen LogP contribution in [-0.2, 0) is 0 Å². The van der Waals surface area contributed by atoms with E-state index in [0.717, 1.165) is 0 Å².